The number of rotatable bonds is 17. The number of hydrogen-bond donors (Lipinski definition) is 0. The van der Waals surface area contributed by atoms with Gasteiger partial charge in [-0.2, -0.15) is 10.5 Å². The first kappa shape index (κ1) is 36.2. The number of epoxide rings is 1. The number of ether oxygens (including phenoxy) is 8. The molecule has 1 unspecified atom stereocenters. The number of esters is 3. The van der Waals surface area contributed by atoms with Gasteiger partial charge in [0.05, 0.1) is 33.0 Å². The van der Waals surface area contributed by atoms with Gasteiger partial charge in [0.15, 0.2) is 0 Å². The normalized spacial score (nSPS) is 12.3. The number of nitriles is 2. The Kier molecular flexibility index (Phi) is 23.6. The van der Waals surface area contributed by atoms with Crippen LogP contribution in [0.25, 0.3) is 0 Å². The van der Waals surface area contributed by atoms with Gasteiger partial charge in [-0.3, -0.25) is 0 Å². The lowest BCUT2D eigenvalue weighted by molar-refractivity contribution is -0.141. The van der Waals surface area contributed by atoms with Gasteiger partial charge in [-0.05, 0) is 20.8 Å². The molecule has 38 heavy (non-hydrogen) atoms. The molecule has 1 rings (SSSR count). The average Bonchev–Trinajstić information content (AvgIpc) is 3.70. The van der Waals surface area contributed by atoms with Crippen molar-refractivity contribution in [3.63, 3.8) is 0 Å². The molecule has 0 radical (unpaired) electrons. The highest BCUT2D eigenvalue weighted by Crippen LogP contribution is 2.08. The lowest BCUT2D eigenvalue weighted by Crippen LogP contribution is -2.12. The van der Waals surface area contributed by atoms with E-state index in [1.54, 1.807) is 20.8 Å². The minimum absolute atomic E-state index is 0.0826. The largest absolute Gasteiger partial charge is 0.460 e. The highest BCUT2D eigenvalue weighted by molar-refractivity contribution is 5.87. The summed E-state index contributed by atoms with van der Waals surface area (Å²) in [5, 5.41) is 15.9. The highest BCUT2D eigenvalue weighted by atomic mass is 16.6. The van der Waals surface area contributed by atoms with Crippen LogP contribution in [0.1, 0.15) is 20.8 Å². The zero-order chi connectivity index (χ0) is 29.2. The second-order valence-corrected chi connectivity index (χ2v) is 7.27. The monoisotopic (exact) mass is 540 g/mol. The standard InChI is InChI=1S/C9H13NO4.C9H14O4.C7H9NO3/c1-8(2)9(11)14-6-5-12-3-4-13-7-10;1-7(2)9(10)12-4-3-11-5-8-6-13-8;1-6(2)7(9)11-4-3-10-5-8/h1,3-6H2,2H3;8H,1,3-6H2,2H3;1,3-4H2,2H3. The van der Waals surface area contributed by atoms with E-state index in [0.717, 1.165) is 6.61 Å². The SMILES string of the molecule is C=C(C)C(=O)OCCOC#N.C=C(C)C(=O)OCCOCC1CO1.C=C(C)C(=O)OCCOCCOC#N. The Morgan fingerprint density at radius 1 is 0.684 bits per heavy atom. The minimum atomic E-state index is -0.466. The molecular formula is C25H36N2O11. The molecular weight excluding hydrogens is 504 g/mol. The molecule has 212 valence electrons. The zero-order valence-corrected chi connectivity index (χ0v) is 22.2. The van der Waals surface area contributed by atoms with Gasteiger partial charge < -0.3 is 37.9 Å². The fraction of sp³-hybridized carbons (Fsp3) is 0.560. The van der Waals surface area contributed by atoms with Crippen molar-refractivity contribution >= 4 is 17.9 Å². The first-order valence-corrected chi connectivity index (χ1v) is 11.3. The Morgan fingerprint density at radius 3 is 1.39 bits per heavy atom. The van der Waals surface area contributed by atoms with Crippen molar-refractivity contribution in [3.8, 4) is 12.5 Å². The van der Waals surface area contributed by atoms with Crippen molar-refractivity contribution in [2.75, 3.05) is 66.1 Å². The molecule has 1 fully saturated rings. The highest BCUT2D eigenvalue weighted by Gasteiger charge is 2.22. The van der Waals surface area contributed by atoms with Crippen LogP contribution in [-0.4, -0.2) is 90.1 Å². The van der Waals surface area contributed by atoms with Gasteiger partial charge in [0, 0.05) is 16.7 Å². The summed E-state index contributed by atoms with van der Waals surface area (Å²) in [4.78, 5) is 32.3. The Morgan fingerprint density at radius 2 is 1.03 bits per heavy atom. The van der Waals surface area contributed by atoms with Crippen LogP contribution in [0.15, 0.2) is 36.5 Å². The van der Waals surface area contributed by atoms with Crippen molar-refractivity contribution in [1.29, 1.82) is 10.5 Å². The van der Waals surface area contributed by atoms with E-state index in [1.807, 2.05) is 0 Å². The van der Waals surface area contributed by atoms with Gasteiger partial charge in [0.2, 0.25) is 0 Å². The summed E-state index contributed by atoms with van der Waals surface area (Å²) in [5.74, 6) is -1.26. The van der Waals surface area contributed by atoms with Gasteiger partial charge >= 0.3 is 17.9 Å². The van der Waals surface area contributed by atoms with Crippen molar-refractivity contribution in [2.24, 2.45) is 0 Å². The van der Waals surface area contributed by atoms with Gasteiger partial charge in [0.1, 0.15) is 39.1 Å². The van der Waals surface area contributed by atoms with Crippen LogP contribution < -0.4 is 0 Å². The zero-order valence-electron chi connectivity index (χ0n) is 22.2. The Labute approximate surface area is 223 Å². The molecule has 1 saturated heterocycles. The Bertz CT molecular complexity index is 839. The molecule has 0 N–H and O–H groups in total. The van der Waals surface area contributed by atoms with E-state index in [-0.39, 0.29) is 51.7 Å². The second kappa shape index (κ2) is 24.8. The molecule has 0 amide bonds. The lowest BCUT2D eigenvalue weighted by atomic mass is 10.4. The molecule has 13 nitrogen and oxygen atoms in total. The molecule has 0 saturated carbocycles. The van der Waals surface area contributed by atoms with Crippen LogP contribution in [-0.2, 0) is 52.3 Å². The summed E-state index contributed by atoms with van der Waals surface area (Å²) >= 11 is 0. The molecule has 1 aliphatic rings. The third-order valence-electron chi connectivity index (χ3n) is 3.55. The average molecular weight is 541 g/mol. The van der Waals surface area contributed by atoms with Crippen molar-refractivity contribution < 1.29 is 52.3 Å². The number of carbonyl (C=O) groups is 3. The molecule has 1 heterocycles. The molecule has 0 aliphatic carbocycles. The van der Waals surface area contributed by atoms with Crippen molar-refractivity contribution in [2.45, 2.75) is 26.9 Å². The fourth-order valence-corrected chi connectivity index (χ4v) is 1.61. The maximum atomic E-state index is 10.9. The van der Waals surface area contributed by atoms with Crippen molar-refractivity contribution in [3.05, 3.63) is 36.5 Å². The molecule has 13 heteroatoms. The molecule has 0 aromatic rings. The van der Waals surface area contributed by atoms with E-state index in [9.17, 15) is 14.4 Å². The first-order valence-electron chi connectivity index (χ1n) is 11.3. The van der Waals surface area contributed by atoms with E-state index in [0.29, 0.717) is 36.5 Å². The number of carbonyl (C=O) groups excluding carboxylic acids is 3. The smallest absolute Gasteiger partial charge is 0.333 e. The predicted molar refractivity (Wildman–Crippen MR) is 132 cm³/mol. The van der Waals surface area contributed by atoms with Gasteiger partial charge in [-0.25, -0.2) is 14.4 Å². The Balaban J connectivity index is 0. The third-order valence-corrected chi connectivity index (χ3v) is 3.55. The van der Waals surface area contributed by atoms with Gasteiger partial charge in [-0.1, -0.05) is 19.7 Å². The van der Waals surface area contributed by atoms with Crippen LogP contribution in [0.5, 0.6) is 0 Å². The van der Waals surface area contributed by atoms with E-state index >= 15 is 0 Å². The molecule has 0 spiro atoms. The van der Waals surface area contributed by atoms with Crippen LogP contribution >= 0.6 is 0 Å². The van der Waals surface area contributed by atoms with E-state index in [2.05, 4.69) is 33.9 Å². The van der Waals surface area contributed by atoms with E-state index in [4.69, 9.17) is 34.2 Å². The quantitative estimate of drug-likeness (QED) is 0.0651. The molecule has 0 aromatic heterocycles. The maximum absolute atomic E-state index is 10.9. The minimum Gasteiger partial charge on any atom is -0.460 e. The third kappa shape index (κ3) is 26.7. The summed E-state index contributed by atoms with van der Waals surface area (Å²) in [6.07, 6.45) is 3.23. The molecule has 0 aromatic carbocycles. The van der Waals surface area contributed by atoms with Crippen LogP contribution in [0.4, 0.5) is 0 Å². The maximum Gasteiger partial charge on any atom is 0.333 e. The van der Waals surface area contributed by atoms with Gasteiger partial charge in [-0.15, -0.1) is 0 Å². The molecule has 1 aliphatic heterocycles. The summed E-state index contributed by atoms with van der Waals surface area (Å²) in [5.41, 5.74) is 1.10. The Hall–Kier alpha value is -3.91. The molecule has 0 bridgehead atoms. The van der Waals surface area contributed by atoms with Gasteiger partial charge in [0.25, 0.3) is 12.5 Å². The number of nitrogens with zero attached hydrogens (tertiary/aromatic N) is 2. The summed E-state index contributed by atoms with van der Waals surface area (Å²) in [7, 11) is 0. The lowest BCUT2D eigenvalue weighted by Gasteiger charge is -2.04. The van der Waals surface area contributed by atoms with E-state index in [1.165, 1.54) is 12.5 Å². The summed E-state index contributed by atoms with van der Waals surface area (Å²) in [6, 6.07) is 0. The second-order valence-electron chi connectivity index (χ2n) is 7.27. The molecule has 1 atom stereocenters. The fourth-order valence-electron chi connectivity index (χ4n) is 1.61. The number of hydrogen-bond acceptors (Lipinski definition) is 13. The van der Waals surface area contributed by atoms with Crippen LogP contribution in [0, 0.1) is 23.0 Å². The first-order chi connectivity index (χ1) is 18.1. The van der Waals surface area contributed by atoms with E-state index < -0.39 is 11.9 Å². The topological polar surface area (TPSA) is 176 Å². The van der Waals surface area contributed by atoms with Crippen LogP contribution in [0.2, 0.25) is 0 Å². The summed E-state index contributed by atoms with van der Waals surface area (Å²) in [6.45, 7) is 18.2. The van der Waals surface area contributed by atoms with Crippen molar-refractivity contribution in [1.82, 2.24) is 0 Å². The van der Waals surface area contributed by atoms with Crippen LogP contribution in [0.3, 0.4) is 0 Å². The summed E-state index contributed by atoms with van der Waals surface area (Å²) < 4.78 is 37.8. The predicted octanol–water partition coefficient (Wildman–Crippen LogP) is 1.74.